The molecule has 2 heteroatoms. The number of allylic oxidation sites excluding steroid dienone is 1. The lowest BCUT2D eigenvalue weighted by Gasteiger charge is -2.26. The number of likely N-dealkylation sites (tertiary alicyclic amines) is 1. The van der Waals surface area contributed by atoms with Crippen molar-refractivity contribution in [3.63, 3.8) is 0 Å². The Kier molecular flexibility index (Phi) is 11.7. The highest BCUT2D eigenvalue weighted by Crippen LogP contribution is 2.13. The Morgan fingerprint density at radius 2 is 1.71 bits per heavy atom. The lowest BCUT2D eigenvalue weighted by molar-refractivity contribution is 0.202. The summed E-state index contributed by atoms with van der Waals surface area (Å²) in [6.45, 7) is 15.1. The number of hydrogen-bond donors (Lipinski definition) is 0. The van der Waals surface area contributed by atoms with Crippen molar-refractivity contribution in [2.24, 2.45) is 5.92 Å². The molecule has 0 N–H and O–H groups in total. The molecule has 1 aromatic rings. The van der Waals surface area contributed by atoms with Crippen molar-refractivity contribution in [2.75, 3.05) is 20.1 Å². The summed E-state index contributed by atoms with van der Waals surface area (Å²) in [5, 5.41) is 0. The Morgan fingerprint density at radius 1 is 1.19 bits per heavy atom. The highest BCUT2D eigenvalue weighted by Gasteiger charge is 2.10. The van der Waals surface area contributed by atoms with Gasteiger partial charge in [-0.2, -0.15) is 0 Å². The van der Waals surface area contributed by atoms with E-state index in [1.807, 2.05) is 51.1 Å². The fraction of sp³-hybridized carbons (Fsp3) is 0.579. The third-order valence-corrected chi connectivity index (χ3v) is 3.34. The molecular weight excluding hydrogens is 258 g/mol. The zero-order chi connectivity index (χ0) is 16.1. The molecule has 0 saturated carbocycles. The molecule has 1 aliphatic heterocycles. The lowest BCUT2D eigenvalue weighted by Crippen LogP contribution is -2.28. The predicted octanol–water partition coefficient (Wildman–Crippen LogP) is 5.11. The number of rotatable bonds is 3. The summed E-state index contributed by atoms with van der Waals surface area (Å²) in [5.41, 5.74) is 1.18. The smallest absolute Gasteiger partial charge is 0.113 e. The number of benzene rings is 1. The summed E-state index contributed by atoms with van der Waals surface area (Å²) in [7, 11) is 2.20. The summed E-state index contributed by atoms with van der Waals surface area (Å²) in [4.78, 5) is 2.40. The van der Waals surface area contributed by atoms with Gasteiger partial charge in [0.2, 0.25) is 0 Å². The molecule has 2 rings (SSSR count). The molecule has 0 atom stereocenters. The van der Waals surface area contributed by atoms with Crippen LogP contribution in [0.4, 0.5) is 0 Å². The van der Waals surface area contributed by atoms with E-state index in [2.05, 4.69) is 25.5 Å². The first-order valence-corrected chi connectivity index (χ1v) is 8.08. The van der Waals surface area contributed by atoms with Gasteiger partial charge in [-0.3, -0.25) is 0 Å². The van der Waals surface area contributed by atoms with Crippen LogP contribution in [0, 0.1) is 5.92 Å². The summed E-state index contributed by atoms with van der Waals surface area (Å²) >= 11 is 0. The van der Waals surface area contributed by atoms with Crippen molar-refractivity contribution in [1.29, 1.82) is 0 Å². The van der Waals surface area contributed by atoms with Gasteiger partial charge in [0.1, 0.15) is 6.61 Å². The maximum absolute atomic E-state index is 5.23. The van der Waals surface area contributed by atoms with Crippen molar-refractivity contribution in [3.05, 3.63) is 48.2 Å². The standard InChI is InChI=1S/C10H12O.C7H15N.C2H6/c1-9(2)11-8-10-6-4-3-5-7-10;1-7-3-5-8(2)6-4-7;1-2/h3-7H,1,8H2,2H3;7H,3-6H2,1-2H3;1-2H3. The Morgan fingerprint density at radius 3 is 2.14 bits per heavy atom. The van der Waals surface area contributed by atoms with Crippen LogP contribution in [0.5, 0.6) is 0 Å². The summed E-state index contributed by atoms with van der Waals surface area (Å²) < 4.78 is 5.23. The van der Waals surface area contributed by atoms with Gasteiger partial charge in [0.25, 0.3) is 0 Å². The molecule has 0 aliphatic carbocycles. The van der Waals surface area contributed by atoms with Gasteiger partial charge in [0.15, 0.2) is 0 Å². The van der Waals surface area contributed by atoms with Crippen LogP contribution in [0.1, 0.15) is 46.1 Å². The first-order valence-electron chi connectivity index (χ1n) is 8.08. The maximum Gasteiger partial charge on any atom is 0.113 e. The lowest BCUT2D eigenvalue weighted by atomic mass is 10.00. The summed E-state index contributed by atoms with van der Waals surface area (Å²) in [5.74, 6) is 1.74. The fourth-order valence-corrected chi connectivity index (χ4v) is 1.92. The summed E-state index contributed by atoms with van der Waals surface area (Å²) in [6.07, 6.45) is 2.80. The molecule has 2 nitrogen and oxygen atoms in total. The van der Waals surface area contributed by atoms with E-state index in [1.165, 1.54) is 31.5 Å². The van der Waals surface area contributed by atoms with E-state index in [1.54, 1.807) is 0 Å². The molecule has 1 aromatic carbocycles. The molecule has 0 aromatic heterocycles. The first kappa shape index (κ1) is 19.7. The second-order valence-corrected chi connectivity index (χ2v) is 5.46. The minimum atomic E-state index is 0.621. The van der Waals surface area contributed by atoms with Crippen LogP contribution in [0.15, 0.2) is 42.7 Å². The average molecular weight is 291 g/mol. The third kappa shape index (κ3) is 11.1. The number of hydrogen-bond acceptors (Lipinski definition) is 2. The molecule has 0 spiro atoms. The maximum atomic E-state index is 5.23. The SMILES string of the molecule is C=C(C)OCc1ccccc1.CC.CC1CCN(C)CC1. The normalized spacial score (nSPS) is 15.1. The monoisotopic (exact) mass is 291 g/mol. The van der Waals surface area contributed by atoms with Crippen molar-refractivity contribution >= 4 is 0 Å². The number of nitrogens with zero attached hydrogens (tertiary/aromatic N) is 1. The molecule has 0 amide bonds. The molecule has 0 unspecified atom stereocenters. The van der Waals surface area contributed by atoms with Crippen LogP contribution < -0.4 is 0 Å². The molecular formula is C19H33NO. The molecule has 0 radical (unpaired) electrons. The van der Waals surface area contributed by atoms with Crippen molar-refractivity contribution in [2.45, 2.75) is 47.1 Å². The molecule has 1 saturated heterocycles. The number of ether oxygens (including phenoxy) is 1. The molecule has 0 bridgehead atoms. The number of piperidine rings is 1. The predicted molar refractivity (Wildman–Crippen MR) is 93.3 cm³/mol. The molecule has 21 heavy (non-hydrogen) atoms. The van der Waals surface area contributed by atoms with Crippen molar-refractivity contribution < 1.29 is 4.74 Å². The Balaban J connectivity index is 0.000000354. The van der Waals surface area contributed by atoms with Crippen LogP contribution in [-0.2, 0) is 11.3 Å². The van der Waals surface area contributed by atoms with E-state index in [9.17, 15) is 0 Å². The Hall–Kier alpha value is -1.28. The molecule has 120 valence electrons. The van der Waals surface area contributed by atoms with Crippen LogP contribution in [0.3, 0.4) is 0 Å². The molecule has 1 aliphatic rings. The van der Waals surface area contributed by atoms with E-state index < -0.39 is 0 Å². The quantitative estimate of drug-likeness (QED) is 0.717. The van der Waals surface area contributed by atoms with Crippen LogP contribution in [0.25, 0.3) is 0 Å². The van der Waals surface area contributed by atoms with Crippen molar-refractivity contribution in [1.82, 2.24) is 4.90 Å². The van der Waals surface area contributed by atoms with Gasteiger partial charge >= 0.3 is 0 Å². The second-order valence-electron chi connectivity index (χ2n) is 5.46. The van der Waals surface area contributed by atoms with E-state index in [-0.39, 0.29) is 0 Å². The van der Waals surface area contributed by atoms with Gasteiger partial charge in [-0.05, 0) is 51.4 Å². The van der Waals surface area contributed by atoms with Crippen LogP contribution in [-0.4, -0.2) is 25.0 Å². The Labute approximate surface area is 131 Å². The topological polar surface area (TPSA) is 12.5 Å². The highest BCUT2D eigenvalue weighted by molar-refractivity contribution is 5.13. The van der Waals surface area contributed by atoms with E-state index >= 15 is 0 Å². The van der Waals surface area contributed by atoms with Gasteiger partial charge in [-0.25, -0.2) is 0 Å². The fourth-order valence-electron chi connectivity index (χ4n) is 1.92. The van der Waals surface area contributed by atoms with E-state index in [0.717, 1.165) is 11.7 Å². The van der Waals surface area contributed by atoms with E-state index in [4.69, 9.17) is 4.74 Å². The highest BCUT2D eigenvalue weighted by atomic mass is 16.5. The van der Waals surface area contributed by atoms with Gasteiger partial charge in [-0.15, -0.1) is 0 Å². The second kappa shape index (κ2) is 12.5. The summed E-state index contributed by atoms with van der Waals surface area (Å²) in [6, 6.07) is 10.0. The largest absolute Gasteiger partial charge is 0.494 e. The van der Waals surface area contributed by atoms with Crippen molar-refractivity contribution in [3.8, 4) is 0 Å². The van der Waals surface area contributed by atoms with Crippen LogP contribution in [0.2, 0.25) is 0 Å². The van der Waals surface area contributed by atoms with Gasteiger partial charge < -0.3 is 9.64 Å². The average Bonchev–Trinajstić information content (AvgIpc) is 2.52. The van der Waals surface area contributed by atoms with Crippen LogP contribution >= 0.6 is 0 Å². The third-order valence-electron chi connectivity index (χ3n) is 3.34. The zero-order valence-electron chi connectivity index (χ0n) is 14.6. The molecule has 1 heterocycles. The van der Waals surface area contributed by atoms with E-state index in [0.29, 0.717) is 6.61 Å². The Bertz CT molecular complexity index is 343. The zero-order valence-corrected chi connectivity index (χ0v) is 14.6. The van der Waals surface area contributed by atoms with Gasteiger partial charge in [0.05, 0.1) is 5.76 Å². The first-order chi connectivity index (χ1) is 10.1. The van der Waals surface area contributed by atoms with Gasteiger partial charge in [-0.1, -0.05) is 57.7 Å². The molecule has 1 fully saturated rings. The van der Waals surface area contributed by atoms with Gasteiger partial charge in [0, 0.05) is 0 Å². The minimum Gasteiger partial charge on any atom is -0.494 e. The minimum absolute atomic E-state index is 0.621.